The molecule has 1 aliphatic heterocycles. The number of imidazole rings is 1. The van der Waals surface area contributed by atoms with Crippen LogP contribution in [-0.4, -0.2) is 67.4 Å². The quantitative estimate of drug-likeness (QED) is 0.299. The van der Waals surface area contributed by atoms with Crippen LogP contribution in [0, 0.1) is 13.8 Å². The molecule has 1 atom stereocenters. The lowest BCUT2D eigenvalue weighted by molar-refractivity contribution is -0.857. The van der Waals surface area contributed by atoms with Gasteiger partial charge in [0.1, 0.15) is 5.65 Å². The second kappa shape index (κ2) is 9.42. The maximum atomic E-state index is 14.1. The number of benzene rings is 1. The lowest BCUT2D eigenvalue weighted by Gasteiger charge is -2.29. The van der Waals surface area contributed by atoms with Crippen LogP contribution in [0.3, 0.4) is 0 Å². The number of likely N-dealkylation sites (N-methyl/N-ethyl adjacent to an activating group) is 1. The molecule has 2 aromatic heterocycles. The van der Waals surface area contributed by atoms with Gasteiger partial charge in [0, 0.05) is 17.3 Å². The van der Waals surface area contributed by atoms with Crippen molar-refractivity contribution in [2.75, 3.05) is 41.4 Å². The number of hydrogen-bond acceptors (Lipinski definition) is 6. The van der Waals surface area contributed by atoms with Crippen molar-refractivity contribution in [3.8, 4) is 11.5 Å². The van der Waals surface area contributed by atoms with Gasteiger partial charge in [-0.3, -0.25) is 9.59 Å². The average Bonchev–Trinajstić information content (AvgIpc) is 3.30. The first-order valence-corrected chi connectivity index (χ1v) is 11.4. The monoisotopic (exact) mass is 478 g/mol. The van der Waals surface area contributed by atoms with Gasteiger partial charge < -0.3 is 28.8 Å². The number of fused-ring (bicyclic) bond motifs is 1. The fourth-order valence-corrected chi connectivity index (χ4v) is 4.61. The Kier molecular flexibility index (Phi) is 6.53. The first-order chi connectivity index (χ1) is 16.7. The number of para-hydroxylation sites is 1. The zero-order chi connectivity index (χ0) is 25.4. The normalized spacial score (nSPS) is 17.6. The summed E-state index contributed by atoms with van der Waals surface area (Å²) in [6.07, 6.45) is 1.74. The molecule has 1 saturated heterocycles. The molecule has 0 aliphatic carbocycles. The van der Waals surface area contributed by atoms with Gasteiger partial charge in [0.2, 0.25) is 5.78 Å². The number of Topliss-reactive ketones (excluding diaryl/α,β-unsaturated/α-hetero) is 1. The number of nitrogens with one attached hydrogen (secondary N) is 1. The number of nitrogens with zero attached hydrogens (tertiary/aromatic N) is 3. The number of hydrogen-bond donors (Lipinski definition) is 1. The molecular weight excluding hydrogens is 448 g/mol. The number of carbonyl (C=O) groups excluding carboxylic acids is 2. The van der Waals surface area contributed by atoms with Crippen molar-refractivity contribution in [3.63, 3.8) is 0 Å². The average molecular weight is 479 g/mol. The summed E-state index contributed by atoms with van der Waals surface area (Å²) in [5.41, 5.74) is 2.70. The van der Waals surface area contributed by atoms with E-state index in [1.165, 1.54) is 19.1 Å². The van der Waals surface area contributed by atoms with Crippen LogP contribution >= 0.6 is 0 Å². The van der Waals surface area contributed by atoms with E-state index in [2.05, 4.69) is 4.98 Å². The Hall–Kier alpha value is -3.85. The molecule has 184 valence electrons. The fourth-order valence-electron chi connectivity index (χ4n) is 4.61. The van der Waals surface area contributed by atoms with Crippen LogP contribution in [0.1, 0.15) is 28.6 Å². The minimum atomic E-state index is -0.915. The van der Waals surface area contributed by atoms with Gasteiger partial charge in [-0.2, -0.15) is 0 Å². The molecule has 0 spiro atoms. The number of rotatable bonds is 7. The summed E-state index contributed by atoms with van der Waals surface area (Å²) in [6.45, 7) is 4.52. The number of methoxy groups -OCH3 is 2. The summed E-state index contributed by atoms with van der Waals surface area (Å²) in [4.78, 5) is 33.8. The highest BCUT2D eigenvalue weighted by Crippen LogP contribution is 2.45. The Bertz CT molecular complexity index is 1340. The maximum absolute atomic E-state index is 14.1. The molecule has 9 heteroatoms. The van der Waals surface area contributed by atoms with Gasteiger partial charge in [0.25, 0.3) is 5.91 Å². The third-order valence-electron chi connectivity index (χ3n) is 6.34. The highest BCUT2D eigenvalue weighted by Gasteiger charge is 2.46. The van der Waals surface area contributed by atoms with Crippen LogP contribution in [0.15, 0.2) is 42.1 Å². The van der Waals surface area contributed by atoms with Crippen LogP contribution in [-0.2, 0) is 9.59 Å². The lowest BCUT2D eigenvalue weighted by Crippen LogP contribution is -3.06. The lowest BCUT2D eigenvalue weighted by atomic mass is 9.95. The standard InChI is InChI=1S/C26H30N4O5/c1-15-9-8-12-29-20(16(2)27-25(15)29)22(31)19-21(17-10-7-11-18(34-5)24(17)35-6)30(14-13-28(3)4)26(33)23(19)32/h7-12,21,31H,13-14H2,1-6H3. The topological polar surface area (TPSA) is 101 Å². The molecule has 3 heterocycles. The Labute approximate surface area is 204 Å². The summed E-state index contributed by atoms with van der Waals surface area (Å²) >= 11 is 0. The predicted molar refractivity (Wildman–Crippen MR) is 128 cm³/mol. The van der Waals surface area contributed by atoms with Crippen molar-refractivity contribution in [2.24, 2.45) is 0 Å². The van der Waals surface area contributed by atoms with Crippen LogP contribution in [0.25, 0.3) is 11.4 Å². The summed E-state index contributed by atoms with van der Waals surface area (Å²) < 4.78 is 12.8. The minimum Gasteiger partial charge on any atom is -0.871 e. The van der Waals surface area contributed by atoms with E-state index in [1.54, 1.807) is 35.7 Å². The SMILES string of the molecule is COc1cccc(C2C(=C([O-])c3c(C)nc4c(C)cccn34)C(=O)C(=O)N2CC[NH+](C)C)c1OC. The predicted octanol–water partition coefficient (Wildman–Crippen LogP) is 0.337. The third-order valence-corrected chi connectivity index (χ3v) is 6.34. The Morgan fingerprint density at radius 3 is 2.51 bits per heavy atom. The van der Waals surface area contributed by atoms with E-state index in [-0.39, 0.29) is 11.3 Å². The molecule has 0 saturated carbocycles. The first-order valence-electron chi connectivity index (χ1n) is 11.4. The van der Waals surface area contributed by atoms with Gasteiger partial charge in [-0.05, 0) is 31.5 Å². The van der Waals surface area contributed by atoms with E-state index < -0.39 is 23.5 Å². The third kappa shape index (κ3) is 4.01. The fraction of sp³-hybridized carbons (Fsp3) is 0.346. The minimum absolute atomic E-state index is 0.110. The number of likely N-dealkylation sites (tertiary alicyclic amines) is 1. The first kappa shape index (κ1) is 24.3. The van der Waals surface area contributed by atoms with Gasteiger partial charge in [-0.15, -0.1) is 0 Å². The summed E-state index contributed by atoms with van der Waals surface area (Å²) in [5, 5.41) is 14.1. The highest BCUT2D eigenvalue weighted by molar-refractivity contribution is 6.46. The summed E-state index contributed by atoms with van der Waals surface area (Å²) in [7, 11) is 6.93. The zero-order valence-corrected chi connectivity index (χ0v) is 20.8. The molecule has 35 heavy (non-hydrogen) atoms. The van der Waals surface area contributed by atoms with Gasteiger partial charge in [0.05, 0.1) is 58.8 Å². The number of pyridine rings is 1. The number of aromatic nitrogens is 2. The molecule has 3 aromatic rings. The Balaban J connectivity index is 2.01. The second-order valence-electron chi connectivity index (χ2n) is 8.94. The van der Waals surface area contributed by atoms with E-state index in [0.717, 1.165) is 10.5 Å². The van der Waals surface area contributed by atoms with Crippen LogP contribution in [0.2, 0.25) is 0 Å². The molecule has 0 radical (unpaired) electrons. The van der Waals surface area contributed by atoms with Crippen LogP contribution in [0.5, 0.6) is 11.5 Å². The molecule has 4 rings (SSSR count). The van der Waals surface area contributed by atoms with Crippen molar-refractivity contribution in [1.82, 2.24) is 14.3 Å². The van der Waals surface area contributed by atoms with Crippen molar-refractivity contribution >= 4 is 23.1 Å². The molecule has 1 amide bonds. The molecule has 1 unspecified atom stereocenters. The van der Waals surface area contributed by atoms with Crippen LogP contribution in [0.4, 0.5) is 0 Å². The van der Waals surface area contributed by atoms with Crippen molar-refractivity contribution in [1.29, 1.82) is 0 Å². The maximum Gasteiger partial charge on any atom is 0.295 e. The van der Waals surface area contributed by atoms with E-state index >= 15 is 0 Å². The number of ketones is 1. The van der Waals surface area contributed by atoms with Gasteiger partial charge >= 0.3 is 0 Å². The largest absolute Gasteiger partial charge is 0.871 e. The van der Waals surface area contributed by atoms with E-state index in [0.29, 0.717) is 41.5 Å². The number of aryl methyl sites for hydroxylation is 2. The number of carbonyl (C=O) groups is 2. The molecule has 1 aromatic carbocycles. The second-order valence-corrected chi connectivity index (χ2v) is 8.94. The molecule has 9 nitrogen and oxygen atoms in total. The van der Waals surface area contributed by atoms with Crippen LogP contribution < -0.4 is 19.5 Å². The molecule has 1 N–H and O–H groups in total. The van der Waals surface area contributed by atoms with Crippen molar-refractivity contribution in [3.05, 3.63) is 64.6 Å². The Morgan fingerprint density at radius 2 is 1.86 bits per heavy atom. The van der Waals surface area contributed by atoms with Crippen molar-refractivity contribution in [2.45, 2.75) is 19.9 Å². The van der Waals surface area contributed by atoms with Gasteiger partial charge in [-0.25, -0.2) is 4.98 Å². The summed E-state index contributed by atoms with van der Waals surface area (Å²) in [5.74, 6) is -1.20. The molecular formula is C26H30N4O5. The van der Waals surface area contributed by atoms with E-state index in [9.17, 15) is 14.7 Å². The number of quaternary nitrogens is 1. The van der Waals surface area contributed by atoms with E-state index in [1.807, 2.05) is 33.2 Å². The molecule has 1 fully saturated rings. The van der Waals surface area contributed by atoms with Crippen molar-refractivity contribution < 1.29 is 29.1 Å². The molecule has 0 bridgehead atoms. The molecule has 1 aliphatic rings. The zero-order valence-electron chi connectivity index (χ0n) is 20.8. The Morgan fingerprint density at radius 1 is 1.11 bits per heavy atom. The smallest absolute Gasteiger partial charge is 0.295 e. The number of ether oxygens (including phenoxy) is 2. The highest BCUT2D eigenvalue weighted by atomic mass is 16.5. The van der Waals surface area contributed by atoms with Gasteiger partial charge in [-0.1, -0.05) is 24.0 Å². The van der Waals surface area contributed by atoms with Gasteiger partial charge in [0.15, 0.2) is 11.5 Å². The number of amides is 1. The van der Waals surface area contributed by atoms with E-state index in [4.69, 9.17) is 9.47 Å². The summed E-state index contributed by atoms with van der Waals surface area (Å²) in [6, 6.07) is 8.05.